The van der Waals surface area contributed by atoms with Gasteiger partial charge in [0.1, 0.15) is 0 Å². The van der Waals surface area contributed by atoms with Crippen molar-refractivity contribution >= 4 is 38.5 Å². The highest BCUT2D eigenvalue weighted by Crippen LogP contribution is 2.35. The van der Waals surface area contributed by atoms with Gasteiger partial charge in [-0.25, -0.2) is 4.98 Å². The van der Waals surface area contributed by atoms with Gasteiger partial charge in [-0.2, -0.15) is 0 Å². The van der Waals surface area contributed by atoms with Crippen molar-refractivity contribution in [2.75, 3.05) is 11.4 Å². The number of carbonyl (C=O) groups excluding carboxylic acids is 2. The smallest absolute Gasteiger partial charge is 0.229 e. The topological polar surface area (TPSA) is 76.3 Å². The molecule has 1 saturated heterocycles. The highest BCUT2D eigenvalue weighted by atomic mass is 32.1. The minimum absolute atomic E-state index is 0.0804. The number of aryl methyl sites for hydroxylation is 2. The minimum atomic E-state index is -0.422. The predicted molar refractivity (Wildman–Crippen MR) is 78.7 cm³/mol. The summed E-state index contributed by atoms with van der Waals surface area (Å²) < 4.78 is 1.09. The summed E-state index contributed by atoms with van der Waals surface area (Å²) in [5, 5.41) is 0.658. The van der Waals surface area contributed by atoms with Crippen LogP contribution in [0.3, 0.4) is 0 Å². The van der Waals surface area contributed by atoms with Crippen molar-refractivity contribution < 1.29 is 9.59 Å². The number of anilines is 1. The number of hydrogen-bond donors (Lipinski definition) is 1. The fraction of sp³-hybridized carbons (Fsp3) is 0.357. The summed E-state index contributed by atoms with van der Waals surface area (Å²) in [5.41, 5.74) is 8.45. The Hall–Kier alpha value is -1.95. The molecule has 1 aromatic carbocycles. The molecule has 0 saturated carbocycles. The van der Waals surface area contributed by atoms with Crippen LogP contribution in [0.5, 0.6) is 0 Å². The second kappa shape index (κ2) is 4.56. The number of amides is 2. The molecule has 1 aliphatic rings. The lowest BCUT2D eigenvalue weighted by Crippen LogP contribution is -2.28. The molecule has 1 fully saturated rings. The Morgan fingerprint density at radius 1 is 1.40 bits per heavy atom. The third-order valence-corrected chi connectivity index (χ3v) is 4.90. The Bertz CT molecular complexity index is 684. The zero-order valence-electron chi connectivity index (χ0n) is 11.3. The van der Waals surface area contributed by atoms with Gasteiger partial charge in [0.2, 0.25) is 11.8 Å². The molecule has 1 aromatic heterocycles. The van der Waals surface area contributed by atoms with E-state index in [0.717, 1.165) is 21.3 Å². The Morgan fingerprint density at radius 3 is 2.70 bits per heavy atom. The van der Waals surface area contributed by atoms with E-state index in [1.54, 1.807) is 4.90 Å². The third-order valence-electron chi connectivity index (χ3n) is 3.69. The summed E-state index contributed by atoms with van der Waals surface area (Å²) in [6.07, 6.45) is 0.184. The molecule has 0 aliphatic carbocycles. The van der Waals surface area contributed by atoms with E-state index >= 15 is 0 Å². The zero-order valence-corrected chi connectivity index (χ0v) is 12.2. The maximum atomic E-state index is 12.0. The van der Waals surface area contributed by atoms with Gasteiger partial charge in [0.25, 0.3) is 0 Å². The van der Waals surface area contributed by atoms with Crippen molar-refractivity contribution in [2.45, 2.75) is 20.3 Å². The average Bonchev–Trinajstić information content (AvgIpc) is 2.98. The molecular formula is C14H15N3O2S. The van der Waals surface area contributed by atoms with E-state index in [1.165, 1.54) is 11.3 Å². The number of nitrogens with zero attached hydrogens (tertiary/aromatic N) is 2. The van der Waals surface area contributed by atoms with Crippen molar-refractivity contribution in [3.05, 3.63) is 23.3 Å². The molecule has 20 heavy (non-hydrogen) atoms. The number of benzene rings is 1. The van der Waals surface area contributed by atoms with Crippen LogP contribution >= 0.6 is 11.3 Å². The van der Waals surface area contributed by atoms with Crippen molar-refractivity contribution in [1.29, 1.82) is 0 Å². The molecule has 2 heterocycles. The van der Waals surface area contributed by atoms with E-state index in [1.807, 2.05) is 19.9 Å². The van der Waals surface area contributed by atoms with Crippen molar-refractivity contribution in [2.24, 2.45) is 11.7 Å². The zero-order chi connectivity index (χ0) is 14.4. The van der Waals surface area contributed by atoms with Gasteiger partial charge in [-0.3, -0.25) is 14.5 Å². The first kappa shape index (κ1) is 13.1. The van der Waals surface area contributed by atoms with E-state index in [4.69, 9.17) is 5.73 Å². The minimum Gasteiger partial charge on any atom is -0.369 e. The molecule has 6 heteroatoms. The van der Waals surface area contributed by atoms with E-state index in [2.05, 4.69) is 11.1 Å². The number of nitrogens with two attached hydrogens (primary N) is 1. The van der Waals surface area contributed by atoms with Crippen LogP contribution in [0.1, 0.15) is 17.5 Å². The monoisotopic (exact) mass is 289 g/mol. The van der Waals surface area contributed by atoms with E-state index in [-0.39, 0.29) is 12.3 Å². The van der Waals surface area contributed by atoms with E-state index in [0.29, 0.717) is 11.7 Å². The number of fused-ring (bicyclic) bond motifs is 1. The number of thiazole rings is 1. The van der Waals surface area contributed by atoms with Crippen LogP contribution < -0.4 is 10.6 Å². The molecule has 1 atom stereocenters. The van der Waals surface area contributed by atoms with Gasteiger partial charge in [0.15, 0.2) is 5.13 Å². The normalized spacial score (nSPS) is 19.0. The molecule has 1 unspecified atom stereocenters. The van der Waals surface area contributed by atoms with Gasteiger partial charge < -0.3 is 5.73 Å². The van der Waals surface area contributed by atoms with Gasteiger partial charge in [0.05, 0.1) is 16.1 Å². The molecule has 3 rings (SSSR count). The standard InChI is InChI=1S/C14H15N3O2S/c1-7-3-4-8(2)12-11(7)16-14(20-12)17-6-9(13(15)19)5-10(17)18/h3-4,9H,5-6H2,1-2H3,(H2,15,19). The average molecular weight is 289 g/mol. The summed E-state index contributed by atoms with van der Waals surface area (Å²) in [4.78, 5) is 29.4. The number of carbonyl (C=O) groups is 2. The van der Waals surface area contributed by atoms with Crippen LogP contribution in [0, 0.1) is 19.8 Å². The first-order valence-electron chi connectivity index (χ1n) is 6.44. The molecule has 0 spiro atoms. The molecule has 104 valence electrons. The second-order valence-corrected chi connectivity index (χ2v) is 6.16. The SMILES string of the molecule is Cc1ccc(C)c2sc(N3CC(C(N)=O)CC3=O)nc12. The first-order chi connectivity index (χ1) is 9.47. The fourth-order valence-electron chi connectivity index (χ4n) is 2.45. The van der Waals surface area contributed by atoms with Crippen molar-refractivity contribution in [3.63, 3.8) is 0 Å². The predicted octanol–water partition coefficient (Wildman–Crippen LogP) is 1.75. The molecule has 5 nitrogen and oxygen atoms in total. The quantitative estimate of drug-likeness (QED) is 0.915. The first-order valence-corrected chi connectivity index (χ1v) is 7.25. The van der Waals surface area contributed by atoms with Crippen LogP contribution in [0.4, 0.5) is 5.13 Å². The lowest BCUT2D eigenvalue weighted by molar-refractivity contribution is -0.123. The molecule has 0 radical (unpaired) electrons. The lowest BCUT2D eigenvalue weighted by atomic mass is 10.1. The van der Waals surface area contributed by atoms with Crippen molar-refractivity contribution in [3.8, 4) is 0 Å². The van der Waals surface area contributed by atoms with Gasteiger partial charge in [-0.15, -0.1) is 0 Å². The number of aromatic nitrogens is 1. The van der Waals surface area contributed by atoms with Gasteiger partial charge in [0, 0.05) is 13.0 Å². The summed E-state index contributed by atoms with van der Waals surface area (Å²) in [7, 11) is 0. The number of hydrogen-bond acceptors (Lipinski definition) is 4. The lowest BCUT2D eigenvalue weighted by Gasteiger charge is -2.11. The van der Waals surface area contributed by atoms with Gasteiger partial charge in [-0.1, -0.05) is 23.5 Å². The molecule has 1 aliphatic heterocycles. The van der Waals surface area contributed by atoms with E-state index < -0.39 is 11.8 Å². The Kier molecular flexibility index (Phi) is 2.97. The molecular weight excluding hydrogens is 274 g/mol. The molecule has 2 N–H and O–H groups in total. The molecule has 0 bridgehead atoms. The highest BCUT2D eigenvalue weighted by molar-refractivity contribution is 7.22. The molecule has 2 aromatic rings. The maximum absolute atomic E-state index is 12.0. The Morgan fingerprint density at radius 2 is 2.10 bits per heavy atom. The fourth-order valence-corrected chi connectivity index (χ4v) is 3.58. The molecule has 2 amide bonds. The summed E-state index contributed by atoms with van der Waals surface area (Å²) in [5.74, 6) is -0.908. The second-order valence-electron chi connectivity index (χ2n) is 5.18. The van der Waals surface area contributed by atoms with Gasteiger partial charge >= 0.3 is 0 Å². The maximum Gasteiger partial charge on any atom is 0.229 e. The Labute approximate surface area is 120 Å². The van der Waals surface area contributed by atoms with Crippen LogP contribution in [-0.2, 0) is 9.59 Å². The largest absolute Gasteiger partial charge is 0.369 e. The van der Waals surface area contributed by atoms with Gasteiger partial charge in [-0.05, 0) is 25.0 Å². The summed E-state index contributed by atoms with van der Waals surface area (Å²) >= 11 is 1.49. The van der Waals surface area contributed by atoms with Crippen molar-refractivity contribution in [1.82, 2.24) is 4.98 Å². The summed E-state index contributed by atoms with van der Waals surface area (Å²) in [6, 6.07) is 4.08. The summed E-state index contributed by atoms with van der Waals surface area (Å²) in [6.45, 7) is 4.37. The van der Waals surface area contributed by atoms with Crippen LogP contribution in [0.15, 0.2) is 12.1 Å². The number of rotatable bonds is 2. The Balaban J connectivity index is 2.03. The third kappa shape index (κ3) is 1.96. The van der Waals surface area contributed by atoms with Crippen LogP contribution in [0.2, 0.25) is 0 Å². The highest BCUT2D eigenvalue weighted by Gasteiger charge is 2.35. The number of primary amides is 1. The van der Waals surface area contributed by atoms with Crippen LogP contribution in [-0.4, -0.2) is 23.3 Å². The van der Waals surface area contributed by atoms with E-state index in [9.17, 15) is 9.59 Å². The van der Waals surface area contributed by atoms with Crippen LogP contribution in [0.25, 0.3) is 10.2 Å².